The Kier molecular flexibility index (Phi) is 3.74. The number of nitrogens with zero attached hydrogens (tertiary/aromatic N) is 2. The lowest BCUT2D eigenvalue weighted by Crippen LogP contribution is -2.58. The zero-order valence-electron chi connectivity index (χ0n) is 11.4. The third-order valence-corrected chi connectivity index (χ3v) is 3.39. The fourth-order valence-electron chi connectivity index (χ4n) is 2.30. The fraction of sp³-hybridized carbons (Fsp3) is 0.357. The molecule has 106 valence electrons. The van der Waals surface area contributed by atoms with Crippen molar-refractivity contribution in [2.75, 3.05) is 18.0 Å². The van der Waals surface area contributed by atoms with Crippen LogP contribution in [0.3, 0.4) is 0 Å². The van der Waals surface area contributed by atoms with E-state index in [0.29, 0.717) is 0 Å². The molecule has 1 unspecified atom stereocenters. The number of rotatable bonds is 3. The van der Waals surface area contributed by atoms with E-state index in [1.54, 1.807) is 4.90 Å². The van der Waals surface area contributed by atoms with E-state index in [4.69, 9.17) is 5.11 Å². The molecule has 1 saturated heterocycles. The predicted molar refractivity (Wildman–Crippen MR) is 72.3 cm³/mol. The predicted octanol–water partition coefficient (Wildman–Crippen LogP) is 0.643. The van der Waals surface area contributed by atoms with Crippen LogP contribution in [0.2, 0.25) is 0 Å². The zero-order chi connectivity index (χ0) is 14.9. The van der Waals surface area contributed by atoms with Crippen LogP contribution in [-0.4, -0.2) is 46.9 Å². The van der Waals surface area contributed by atoms with Crippen LogP contribution in [0.1, 0.15) is 12.5 Å². The summed E-state index contributed by atoms with van der Waals surface area (Å²) >= 11 is 0. The lowest BCUT2D eigenvalue weighted by atomic mass is 10.1. The maximum atomic E-state index is 12.0. The summed E-state index contributed by atoms with van der Waals surface area (Å²) < 4.78 is 0. The molecule has 1 aromatic carbocycles. The van der Waals surface area contributed by atoms with Gasteiger partial charge in [0.1, 0.15) is 6.04 Å². The molecule has 0 spiro atoms. The normalized spacial score (nSPS) is 17.3. The van der Waals surface area contributed by atoms with Gasteiger partial charge in [0, 0.05) is 5.69 Å². The second kappa shape index (κ2) is 5.32. The number of aliphatic carboxylic acids is 1. The first kappa shape index (κ1) is 14.0. The Morgan fingerprint density at radius 2 is 1.75 bits per heavy atom. The number of amides is 2. The average Bonchev–Trinajstić information content (AvgIpc) is 2.38. The Morgan fingerprint density at radius 3 is 2.25 bits per heavy atom. The first-order valence-electron chi connectivity index (χ1n) is 6.30. The van der Waals surface area contributed by atoms with Gasteiger partial charge in [-0.15, -0.1) is 0 Å². The van der Waals surface area contributed by atoms with Gasteiger partial charge in [-0.05, 0) is 25.5 Å². The molecule has 2 amide bonds. The van der Waals surface area contributed by atoms with Crippen LogP contribution >= 0.6 is 0 Å². The lowest BCUT2D eigenvalue weighted by Gasteiger charge is -2.36. The smallest absolute Gasteiger partial charge is 0.326 e. The van der Waals surface area contributed by atoms with Crippen molar-refractivity contribution in [1.29, 1.82) is 0 Å². The van der Waals surface area contributed by atoms with Crippen molar-refractivity contribution < 1.29 is 19.5 Å². The molecule has 0 aromatic heterocycles. The number of hydrogen-bond donors (Lipinski definition) is 1. The number of carbonyl (C=O) groups excluding carboxylic acids is 2. The molecule has 0 radical (unpaired) electrons. The Bertz CT molecular complexity index is 552. The van der Waals surface area contributed by atoms with Gasteiger partial charge in [0.05, 0.1) is 13.1 Å². The summed E-state index contributed by atoms with van der Waals surface area (Å²) in [5.41, 5.74) is 1.78. The number of imide groups is 1. The van der Waals surface area contributed by atoms with Gasteiger partial charge in [-0.2, -0.15) is 0 Å². The van der Waals surface area contributed by atoms with Crippen LogP contribution in [0.25, 0.3) is 0 Å². The molecule has 1 aliphatic rings. The van der Waals surface area contributed by atoms with Crippen LogP contribution in [0, 0.1) is 6.92 Å². The van der Waals surface area contributed by atoms with Crippen molar-refractivity contribution in [1.82, 2.24) is 4.90 Å². The summed E-state index contributed by atoms with van der Waals surface area (Å²) in [6, 6.07) is 6.33. The quantitative estimate of drug-likeness (QED) is 0.820. The number of para-hydroxylation sites is 1. The molecule has 20 heavy (non-hydrogen) atoms. The molecular formula is C14H16N2O4. The standard InChI is InChI=1S/C14H16N2O4/c1-9-5-3-4-6-11(9)15-7-12(17)16(13(18)8-15)10(2)14(19)20/h3-6,10H,7-8H2,1-2H3,(H,19,20). The Labute approximate surface area is 116 Å². The van der Waals surface area contributed by atoms with Gasteiger partial charge in [-0.1, -0.05) is 18.2 Å². The minimum Gasteiger partial charge on any atom is -0.480 e. The van der Waals surface area contributed by atoms with Crippen LogP contribution in [0.5, 0.6) is 0 Å². The Balaban J connectivity index is 2.23. The highest BCUT2D eigenvalue weighted by atomic mass is 16.4. The van der Waals surface area contributed by atoms with E-state index < -0.39 is 23.8 Å². The van der Waals surface area contributed by atoms with E-state index >= 15 is 0 Å². The van der Waals surface area contributed by atoms with E-state index in [1.807, 2.05) is 31.2 Å². The zero-order valence-corrected chi connectivity index (χ0v) is 11.4. The first-order valence-corrected chi connectivity index (χ1v) is 6.30. The lowest BCUT2D eigenvalue weighted by molar-refractivity contribution is -0.157. The average molecular weight is 276 g/mol. The molecule has 6 heteroatoms. The molecular weight excluding hydrogens is 260 g/mol. The van der Waals surface area contributed by atoms with E-state index in [9.17, 15) is 14.4 Å². The van der Waals surface area contributed by atoms with E-state index in [0.717, 1.165) is 16.2 Å². The fourth-order valence-corrected chi connectivity index (χ4v) is 2.30. The summed E-state index contributed by atoms with van der Waals surface area (Å²) in [5.74, 6) is -2.16. The van der Waals surface area contributed by atoms with Crippen molar-refractivity contribution in [3.05, 3.63) is 29.8 Å². The van der Waals surface area contributed by atoms with Gasteiger partial charge in [0.25, 0.3) is 0 Å². The topological polar surface area (TPSA) is 77.9 Å². The second-order valence-corrected chi connectivity index (χ2v) is 4.81. The van der Waals surface area contributed by atoms with Crippen LogP contribution in [-0.2, 0) is 14.4 Å². The summed E-state index contributed by atoms with van der Waals surface area (Å²) in [4.78, 5) is 37.5. The van der Waals surface area contributed by atoms with Crippen molar-refractivity contribution in [2.24, 2.45) is 0 Å². The Hall–Kier alpha value is -2.37. The Morgan fingerprint density at radius 1 is 1.20 bits per heavy atom. The van der Waals surface area contributed by atoms with Gasteiger partial charge < -0.3 is 10.0 Å². The van der Waals surface area contributed by atoms with Crippen LogP contribution in [0.15, 0.2) is 24.3 Å². The number of aryl methyl sites for hydroxylation is 1. The molecule has 1 N–H and O–H groups in total. The first-order chi connectivity index (χ1) is 9.41. The van der Waals surface area contributed by atoms with E-state index in [1.165, 1.54) is 6.92 Å². The van der Waals surface area contributed by atoms with Gasteiger partial charge in [0.15, 0.2) is 0 Å². The monoisotopic (exact) mass is 276 g/mol. The second-order valence-electron chi connectivity index (χ2n) is 4.81. The molecule has 0 aliphatic carbocycles. The molecule has 2 rings (SSSR count). The summed E-state index contributed by atoms with van der Waals surface area (Å²) in [5, 5.41) is 8.94. The molecule has 1 fully saturated rings. The van der Waals surface area contributed by atoms with Gasteiger partial charge in [0.2, 0.25) is 11.8 Å². The number of hydrogen-bond acceptors (Lipinski definition) is 4. The summed E-state index contributed by atoms with van der Waals surface area (Å²) in [6.07, 6.45) is 0. The maximum Gasteiger partial charge on any atom is 0.326 e. The molecule has 6 nitrogen and oxygen atoms in total. The molecule has 0 saturated carbocycles. The molecule has 0 bridgehead atoms. The van der Waals surface area contributed by atoms with Crippen molar-refractivity contribution >= 4 is 23.5 Å². The molecule has 1 atom stereocenters. The maximum absolute atomic E-state index is 12.0. The molecule has 1 heterocycles. The number of carboxylic acids is 1. The van der Waals surface area contributed by atoms with Crippen LogP contribution in [0.4, 0.5) is 5.69 Å². The summed E-state index contributed by atoms with van der Waals surface area (Å²) in [7, 11) is 0. The van der Waals surface area contributed by atoms with Gasteiger partial charge in [-0.25, -0.2) is 4.79 Å². The number of carboxylic acid groups (broad SMARTS) is 1. The highest BCUT2D eigenvalue weighted by Gasteiger charge is 2.37. The minimum absolute atomic E-state index is 0.00815. The minimum atomic E-state index is -1.18. The van der Waals surface area contributed by atoms with E-state index in [-0.39, 0.29) is 13.1 Å². The van der Waals surface area contributed by atoms with Crippen LogP contribution < -0.4 is 4.90 Å². The third-order valence-electron chi connectivity index (χ3n) is 3.39. The third kappa shape index (κ3) is 2.49. The number of benzene rings is 1. The molecule has 1 aliphatic heterocycles. The van der Waals surface area contributed by atoms with Crippen molar-refractivity contribution in [3.8, 4) is 0 Å². The van der Waals surface area contributed by atoms with Gasteiger partial charge >= 0.3 is 5.97 Å². The highest BCUT2D eigenvalue weighted by Crippen LogP contribution is 2.22. The van der Waals surface area contributed by atoms with Crippen molar-refractivity contribution in [3.63, 3.8) is 0 Å². The van der Waals surface area contributed by atoms with Gasteiger partial charge in [-0.3, -0.25) is 14.5 Å². The van der Waals surface area contributed by atoms with Crippen molar-refractivity contribution in [2.45, 2.75) is 19.9 Å². The number of piperazine rings is 1. The number of carbonyl (C=O) groups is 3. The summed E-state index contributed by atoms with van der Waals surface area (Å²) in [6.45, 7) is 3.25. The largest absolute Gasteiger partial charge is 0.480 e. The number of anilines is 1. The SMILES string of the molecule is Cc1ccccc1N1CC(=O)N(C(C)C(=O)O)C(=O)C1. The highest BCUT2D eigenvalue weighted by molar-refractivity contribution is 6.05. The molecule has 1 aromatic rings. The van der Waals surface area contributed by atoms with E-state index in [2.05, 4.69) is 0 Å².